The van der Waals surface area contributed by atoms with E-state index in [1.54, 1.807) is 13.3 Å². The number of hydrogen-bond acceptors (Lipinski definition) is 5. The topological polar surface area (TPSA) is 90.5 Å². The van der Waals surface area contributed by atoms with Crippen LogP contribution in [0.2, 0.25) is 0 Å². The first-order valence-electron chi connectivity index (χ1n) is 7.85. The first-order valence-corrected chi connectivity index (χ1v) is 7.85. The third-order valence-electron chi connectivity index (χ3n) is 3.98. The molecular formula is C15H24N4O3. The Morgan fingerprint density at radius 1 is 1.36 bits per heavy atom. The predicted molar refractivity (Wildman–Crippen MR) is 82.4 cm³/mol. The maximum atomic E-state index is 11.9. The normalized spacial score (nSPS) is 15.8. The van der Waals surface area contributed by atoms with E-state index in [4.69, 9.17) is 10.5 Å². The second-order valence-electron chi connectivity index (χ2n) is 5.47. The minimum Gasteiger partial charge on any atom is -0.461 e. The molecule has 0 atom stereocenters. The first-order chi connectivity index (χ1) is 10.6. The molecule has 1 amide bonds. The molecule has 1 fully saturated rings. The molecule has 7 heteroatoms. The van der Waals surface area contributed by atoms with Crippen LogP contribution in [0.1, 0.15) is 56.1 Å². The minimum atomic E-state index is -0.491. The maximum absolute atomic E-state index is 11.9. The van der Waals surface area contributed by atoms with Crippen molar-refractivity contribution in [2.45, 2.75) is 45.6 Å². The lowest BCUT2D eigenvalue weighted by Gasteiger charge is -2.33. The van der Waals surface area contributed by atoms with Gasteiger partial charge in [0.25, 0.3) is 0 Å². The number of nitrogens with two attached hydrogens (primary N) is 1. The van der Waals surface area contributed by atoms with Gasteiger partial charge in [0.1, 0.15) is 5.82 Å². The number of amides is 1. The molecule has 0 aromatic carbocycles. The minimum absolute atomic E-state index is 0.168. The summed E-state index contributed by atoms with van der Waals surface area (Å²) in [6.07, 6.45) is 4.70. The Morgan fingerprint density at radius 3 is 2.64 bits per heavy atom. The number of imidazole rings is 1. The lowest BCUT2D eigenvalue weighted by atomic mass is 10.0. The van der Waals surface area contributed by atoms with Gasteiger partial charge in [-0.2, -0.15) is 0 Å². The summed E-state index contributed by atoms with van der Waals surface area (Å²) in [6, 6.07) is 0.168. The number of carbonyl (C=O) groups excluding carboxylic acids is 2. The number of aromatic nitrogens is 2. The molecule has 1 saturated heterocycles. The standard InChI is InChI=1S/C15H24N4O3/c1-3-5-12(20)18-8-6-11(7-9-18)19-10-17-13(14(19)16)15(21)22-4-2/h10-11H,3-9,16H2,1-2H3. The van der Waals surface area contributed by atoms with E-state index < -0.39 is 5.97 Å². The molecule has 22 heavy (non-hydrogen) atoms. The van der Waals surface area contributed by atoms with Crippen LogP contribution in [0.3, 0.4) is 0 Å². The monoisotopic (exact) mass is 308 g/mol. The van der Waals surface area contributed by atoms with Crippen LogP contribution in [0, 0.1) is 0 Å². The zero-order valence-corrected chi connectivity index (χ0v) is 13.2. The van der Waals surface area contributed by atoms with E-state index in [1.807, 2.05) is 16.4 Å². The van der Waals surface area contributed by atoms with Gasteiger partial charge in [-0.1, -0.05) is 6.92 Å². The van der Waals surface area contributed by atoms with Crippen molar-refractivity contribution in [1.82, 2.24) is 14.5 Å². The van der Waals surface area contributed by atoms with Crippen molar-refractivity contribution in [1.29, 1.82) is 0 Å². The summed E-state index contributed by atoms with van der Waals surface area (Å²) in [5, 5.41) is 0. The highest BCUT2D eigenvalue weighted by atomic mass is 16.5. The van der Waals surface area contributed by atoms with Crippen LogP contribution in [-0.4, -0.2) is 46.0 Å². The van der Waals surface area contributed by atoms with E-state index in [-0.39, 0.29) is 17.6 Å². The smallest absolute Gasteiger partial charge is 0.360 e. The summed E-state index contributed by atoms with van der Waals surface area (Å²) in [5.41, 5.74) is 6.20. The van der Waals surface area contributed by atoms with Crippen LogP contribution in [0.15, 0.2) is 6.33 Å². The Balaban J connectivity index is 2.00. The zero-order chi connectivity index (χ0) is 16.1. The summed E-state index contributed by atoms with van der Waals surface area (Å²) in [4.78, 5) is 29.6. The van der Waals surface area contributed by atoms with Crippen molar-refractivity contribution in [3.63, 3.8) is 0 Å². The summed E-state index contributed by atoms with van der Waals surface area (Å²) >= 11 is 0. The predicted octanol–water partition coefficient (Wildman–Crippen LogP) is 1.61. The highest BCUT2D eigenvalue weighted by molar-refractivity contribution is 5.92. The summed E-state index contributed by atoms with van der Waals surface area (Å²) < 4.78 is 6.76. The number of carbonyl (C=O) groups is 2. The maximum Gasteiger partial charge on any atom is 0.360 e. The second-order valence-corrected chi connectivity index (χ2v) is 5.47. The van der Waals surface area contributed by atoms with Crippen molar-refractivity contribution in [2.75, 3.05) is 25.4 Å². The van der Waals surface area contributed by atoms with Crippen LogP contribution in [0.5, 0.6) is 0 Å². The van der Waals surface area contributed by atoms with Crippen molar-refractivity contribution in [3.05, 3.63) is 12.0 Å². The number of hydrogen-bond donors (Lipinski definition) is 1. The van der Waals surface area contributed by atoms with Crippen LogP contribution < -0.4 is 5.73 Å². The Labute approximate surface area is 130 Å². The third-order valence-corrected chi connectivity index (χ3v) is 3.98. The molecule has 0 unspecified atom stereocenters. The average molecular weight is 308 g/mol. The number of esters is 1. The highest BCUT2D eigenvalue weighted by Gasteiger charge is 2.26. The quantitative estimate of drug-likeness (QED) is 0.834. The van der Waals surface area contributed by atoms with E-state index >= 15 is 0 Å². The van der Waals surface area contributed by atoms with Gasteiger partial charge < -0.3 is 19.9 Å². The van der Waals surface area contributed by atoms with E-state index in [9.17, 15) is 9.59 Å². The largest absolute Gasteiger partial charge is 0.461 e. The SMILES string of the molecule is CCCC(=O)N1CCC(n2cnc(C(=O)OCC)c2N)CC1. The number of rotatable bonds is 5. The molecule has 0 aliphatic carbocycles. The fourth-order valence-corrected chi connectivity index (χ4v) is 2.78. The molecule has 0 radical (unpaired) electrons. The van der Waals surface area contributed by atoms with Gasteiger partial charge >= 0.3 is 5.97 Å². The van der Waals surface area contributed by atoms with E-state index in [0.29, 0.717) is 18.8 Å². The van der Waals surface area contributed by atoms with Crippen molar-refractivity contribution in [2.24, 2.45) is 0 Å². The highest BCUT2D eigenvalue weighted by Crippen LogP contribution is 2.27. The van der Waals surface area contributed by atoms with Gasteiger partial charge in [-0.25, -0.2) is 9.78 Å². The molecule has 1 aliphatic heterocycles. The molecule has 0 saturated carbocycles. The average Bonchev–Trinajstić information content (AvgIpc) is 2.89. The lowest BCUT2D eigenvalue weighted by molar-refractivity contribution is -0.132. The number of nitrogen functional groups attached to an aromatic ring is 1. The number of likely N-dealkylation sites (tertiary alicyclic amines) is 1. The fourth-order valence-electron chi connectivity index (χ4n) is 2.78. The second kappa shape index (κ2) is 7.29. The molecule has 0 spiro atoms. The van der Waals surface area contributed by atoms with Crippen molar-refractivity contribution in [3.8, 4) is 0 Å². The van der Waals surface area contributed by atoms with Crippen LogP contribution >= 0.6 is 0 Å². The van der Waals surface area contributed by atoms with Gasteiger partial charge in [0, 0.05) is 25.6 Å². The van der Waals surface area contributed by atoms with Crippen LogP contribution in [0.4, 0.5) is 5.82 Å². The molecule has 2 N–H and O–H groups in total. The number of ether oxygens (including phenoxy) is 1. The van der Waals surface area contributed by atoms with Crippen LogP contribution in [0.25, 0.3) is 0 Å². The molecule has 122 valence electrons. The van der Waals surface area contributed by atoms with Crippen molar-refractivity contribution < 1.29 is 14.3 Å². The first kappa shape index (κ1) is 16.3. The Morgan fingerprint density at radius 2 is 2.05 bits per heavy atom. The Hall–Kier alpha value is -2.05. The Kier molecular flexibility index (Phi) is 5.41. The molecule has 7 nitrogen and oxygen atoms in total. The third kappa shape index (κ3) is 3.40. The van der Waals surface area contributed by atoms with Gasteiger partial charge in [-0.3, -0.25) is 4.79 Å². The Bertz CT molecular complexity index is 533. The van der Waals surface area contributed by atoms with Crippen LogP contribution in [-0.2, 0) is 9.53 Å². The zero-order valence-electron chi connectivity index (χ0n) is 13.2. The van der Waals surface area contributed by atoms with Gasteiger partial charge in [-0.15, -0.1) is 0 Å². The van der Waals surface area contributed by atoms with E-state index in [2.05, 4.69) is 4.98 Å². The molecule has 1 aliphatic rings. The molecular weight excluding hydrogens is 284 g/mol. The van der Waals surface area contributed by atoms with Gasteiger partial charge in [0.2, 0.25) is 5.91 Å². The van der Waals surface area contributed by atoms with Gasteiger partial charge in [0.15, 0.2) is 5.69 Å². The molecule has 0 bridgehead atoms. The summed E-state index contributed by atoms with van der Waals surface area (Å²) in [6.45, 7) is 5.48. The van der Waals surface area contributed by atoms with E-state index in [1.165, 1.54) is 0 Å². The van der Waals surface area contributed by atoms with Gasteiger partial charge in [-0.05, 0) is 26.2 Å². The lowest BCUT2D eigenvalue weighted by Crippen LogP contribution is -2.39. The number of piperidine rings is 1. The molecule has 1 aromatic heterocycles. The molecule has 2 rings (SSSR count). The summed E-state index contributed by atoms with van der Waals surface area (Å²) in [7, 11) is 0. The fraction of sp³-hybridized carbons (Fsp3) is 0.667. The number of nitrogens with zero attached hydrogens (tertiary/aromatic N) is 3. The molecule has 2 heterocycles. The van der Waals surface area contributed by atoms with E-state index in [0.717, 1.165) is 32.4 Å². The number of anilines is 1. The summed E-state index contributed by atoms with van der Waals surface area (Å²) in [5.74, 6) is 0.0675. The van der Waals surface area contributed by atoms with Crippen molar-refractivity contribution >= 4 is 17.7 Å². The van der Waals surface area contributed by atoms with Gasteiger partial charge in [0.05, 0.1) is 12.9 Å². The molecule has 1 aromatic rings.